The number of anilines is 3. The normalized spacial score (nSPS) is 19.9. The van der Waals surface area contributed by atoms with E-state index in [4.69, 9.17) is 16.6 Å². The standard InChI is InChI=1S/C25H25ClF2N6O2/c1-14-5-6-34(14)25-30-21(16-3-4-19(27)20(28)10-16)11-22(31-25)33-8-7-32(13-15(33)2)23-18(26)9-17(12-29-23)24(35)36/h3-4,9-12,14-15H,5-8,13H2,1-2H3,(H,35,36). The molecule has 2 aliphatic rings. The van der Waals surface area contributed by atoms with Crippen molar-refractivity contribution in [2.45, 2.75) is 32.4 Å². The van der Waals surface area contributed by atoms with Gasteiger partial charge in [-0.2, -0.15) is 4.98 Å². The number of piperazine rings is 1. The predicted molar refractivity (Wildman–Crippen MR) is 134 cm³/mol. The molecule has 2 aromatic heterocycles. The van der Waals surface area contributed by atoms with Gasteiger partial charge >= 0.3 is 5.97 Å². The van der Waals surface area contributed by atoms with Gasteiger partial charge in [0.1, 0.15) is 11.6 Å². The van der Waals surface area contributed by atoms with E-state index in [0.29, 0.717) is 54.5 Å². The molecular weight excluding hydrogens is 490 g/mol. The van der Waals surface area contributed by atoms with Crippen LogP contribution in [0.4, 0.5) is 26.4 Å². The Morgan fingerprint density at radius 1 is 1.03 bits per heavy atom. The highest BCUT2D eigenvalue weighted by Gasteiger charge is 2.31. The van der Waals surface area contributed by atoms with Crippen molar-refractivity contribution in [2.75, 3.05) is 40.9 Å². The molecule has 4 heterocycles. The van der Waals surface area contributed by atoms with Gasteiger partial charge < -0.3 is 19.8 Å². The average molecular weight is 515 g/mol. The Morgan fingerprint density at radius 2 is 1.83 bits per heavy atom. The van der Waals surface area contributed by atoms with Crippen molar-refractivity contribution in [3.63, 3.8) is 0 Å². The average Bonchev–Trinajstić information content (AvgIpc) is 2.84. The zero-order valence-corrected chi connectivity index (χ0v) is 20.6. The van der Waals surface area contributed by atoms with Crippen molar-refractivity contribution in [2.24, 2.45) is 0 Å². The van der Waals surface area contributed by atoms with Crippen molar-refractivity contribution in [1.82, 2.24) is 15.0 Å². The molecule has 2 saturated heterocycles. The van der Waals surface area contributed by atoms with Gasteiger partial charge in [-0.15, -0.1) is 0 Å². The van der Waals surface area contributed by atoms with E-state index in [0.717, 1.165) is 25.1 Å². The molecule has 36 heavy (non-hydrogen) atoms. The summed E-state index contributed by atoms with van der Waals surface area (Å²) < 4.78 is 27.5. The zero-order chi connectivity index (χ0) is 25.6. The summed E-state index contributed by atoms with van der Waals surface area (Å²) in [4.78, 5) is 31.3. The topological polar surface area (TPSA) is 85.7 Å². The molecule has 188 valence electrons. The van der Waals surface area contributed by atoms with E-state index in [1.54, 1.807) is 6.07 Å². The SMILES string of the molecule is CC1CN(c2ncc(C(=O)O)cc2Cl)CCN1c1cc(-c2ccc(F)c(F)c2)nc(N2CCC2C)n1. The molecule has 8 nitrogen and oxygen atoms in total. The van der Waals surface area contributed by atoms with Gasteiger partial charge in [0.05, 0.1) is 16.3 Å². The fourth-order valence-corrected chi connectivity index (χ4v) is 4.87. The van der Waals surface area contributed by atoms with Gasteiger partial charge in [0, 0.05) is 56.1 Å². The Hall–Kier alpha value is -3.53. The number of nitrogens with zero attached hydrogens (tertiary/aromatic N) is 6. The Morgan fingerprint density at radius 3 is 2.44 bits per heavy atom. The number of benzene rings is 1. The first-order valence-electron chi connectivity index (χ1n) is 11.7. The van der Waals surface area contributed by atoms with Crippen LogP contribution in [0.3, 0.4) is 0 Å². The first-order chi connectivity index (χ1) is 17.2. The van der Waals surface area contributed by atoms with Crippen LogP contribution in [0.2, 0.25) is 5.02 Å². The number of hydrogen-bond donors (Lipinski definition) is 1. The molecule has 2 unspecified atom stereocenters. The Labute approximate surface area is 212 Å². The quantitative estimate of drug-likeness (QED) is 0.533. The summed E-state index contributed by atoms with van der Waals surface area (Å²) in [6.07, 6.45) is 2.34. The predicted octanol–water partition coefficient (Wildman–Crippen LogP) is 4.48. The maximum Gasteiger partial charge on any atom is 0.337 e. The minimum Gasteiger partial charge on any atom is -0.478 e. The van der Waals surface area contributed by atoms with E-state index >= 15 is 0 Å². The van der Waals surface area contributed by atoms with Crippen LogP contribution >= 0.6 is 11.6 Å². The van der Waals surface area contributed by atoms with Gasteiger partial charge in [-0.25, -0.2) is 23.5 Å². The lowest BCUT2D eigenvalue weighted by Crippen LogP contribution is -2.53. The first kappa shape index (κ1) is 24.2. The van der Waals surface area contributed by atoms with E-state index in [-0.39, 0.29) is 16.6 Å². The molecule has 2 fully saturated rings. The molecule has 0 bridgehead atoms. The highest BCUT2D eigenvalue weighted by atomic mass is 35.5. The smallest absolute Gasteiger partial charge is 0.337 e. The fourth-order valence-electron chi connectivity index (χ4n) is 4.59. The molecule has 0 amide bonds. The molecule has 0 spiro atoms. The number of halogens is 3. The first-order valence-corrected chi connectivity index (χ1v) is 12.1. The molecule has 3 aromatic rings. The van der Waals surface area contributed by atoms with Crippen LogP contribution in [0.15, 0.2) is 36.5 Å². The van der Waals surface area contributed by atoms with Crippen molar-refractivity contribution in [3.05, 3.63) is 58.7 Å². The van der Waals surface area contributed by atoms with Crippen LogP contribution in [-0.4, -0.2) is 64.3 Å². The molecule has 0 aliphatic carbocycles. The number of carbonyl (C=O) groups is 1. The monoisotopic (exact) mass is 514 g/mol. The lowest BCUT2D eigenvalue weighted by Gasteiger charge is -2.42. The maximum absolute atomic E-state index is 14.0. The van der Waals surface area contributed by atoms with Gasteiger partial charge in [-0.1, -0.05) is 11.6 Å². The highest BCUT2D eigenvalue weighted by molar-refractivity contribution is 6.33. The molecule has 1 aromatic carbocycles. The van der Waals surface area contributed by atoms with E-state index in [2.05, 4.69) is 33.6 Å². The second-order valence-electron chi connectivity index (χ2n) is 9.19. The molecule has 11 heteroatoms. The van der Waals surface area contributed by atoms with Crippen molar-refractivity contribution < 1.29 is 18.7 Å². The number of pyridine rings is 1. The lowest BCUT2D eigenvalue weighted by atomic mass is 10.1. The van der Waals surface area contributed by atoms with Crippen LogP contribution in [-0.2, 0) is 0 Å². The van der Waals surface area contributed by atoms with E-state index in [1.165, 1.54) is 18.3 Å². The van der Waals surface area contributed by atoms with Crippen LogP contribution < -0.4 is 14.7 Å². The largest absolute Gasteiger partial charge is 0.478 e. The molecular formula is C25H25ClF2N6O2. The minimum atomic E-state index is -1.08. The number of aromatic carboxylic acids is 1. The van der Waals surface area contributed by atoms with Gasteiger partial charge in [-0.3, -0.25) is 0 Å². The third-order valence-corrected chi connectivity index (χ3v) is 7.06. The van der Waals surface area contributed by atoms with Crippen LogP contribution in [0, 0.1) is 11.6 Å². The van der Waals surface area contributed by atoms with E-state index in [9.17, 15) is 18.7 Å². The molecule has 0 radical (unpaired) electrons. The molecule has 0 saturated carbocycles. The minimum absolute atomic E-state index is 0.00475. The second kappa shape index (κ2) is 9.50. The Balaban J connectivity index is 1.44. The van der Waals surface area contributed by atoms with Gasteiger partial charge in [-0.05, 0) is 44.5 Å². The zero-order valence-electron chi connectivity index (χ0n) is 19.8. The van der Waals surface area contributed by atoms with Gasteiger partial charge in [0.15, 0.2) is 11.6 Å². The summed E-state index contributed by atoms with van der Waals surface area (Å²) in [5.74, 6) is -1.11. The summed E-state index contributed by atoms with van der Waals surface area (Å²) in [6.45, 7) is 6.76. The number of aromatic nitrogens is 3. The van der Waals surface area contributed by atoms with Gasteiger partial charge in [0.25, 0.3) is 0 Å². The summed E-state index contributed by atoms with van der Waals surface area (Å²) >= 11 is 6.35. The second-order valence-corrected chi connectivity index (χ2v) is 9.60. The molecule has 2 aliphatic heterocycles. The Bertz CT molecular complexity index is 1330. The number of carboxylic acids is 1. The van der Waals surface area contributed by atoms with Crippen LogP contribution in [0.1, 0.15) is 30.6 Å². The summed E-state index contributed by atoms with van der Waals surface area (Å²) in [7, 11) is 0. The number of hydrogen-bond acceptors (Lipinski definition) is 7. The van der Waals surface area contributed by atoms with Crippen molar-refractivity contribution in [3.8, 4) is 11.3 Å². The molecule has 5 rings (SSSR count). The van der Waals surface area contributed by atoms with Gasteiger partial charge in [0.2, 0.25) is 5.95 Å². The van der Waals surface area contributed by atoms with Crippen molar-refractivity contribution in [1.29, 1.82) is 0 Å². The lowest BCUT2D eigenvalue weighted by molar-refractivity contribution is 0.0696. The summed E-state index contributed by atoms with van der Waals surface area (Å²) in [5, 5.41) is 9.46. The van der Waals surface area contributed by atoms with Crippen molar-refractivity contribution >= 4 is 35.2 Å². The number of carboxylic acid groups (broad SMARTS) is 1. The Kier molecular flexibility index (Phi) is 6.38. The van der Waals surface area contributed by atoms with Crippen LogP contribution in [0.5, 0.6) is 0 Å². The number of rotatable bonds is 5. The van der Waals surface area contributed by atoms with E-state index in [1.807, 2.05) is 4.90 Å². The van der Waals surface area contributed by atoms with E-state index < -0.39 is 17.6 Å². The van der Waals surface area contributed by atoms with Crippen LogP contribution in [0.25, 0.3) is 11.3 Å². The fraction of sp³-hybridized carbons (Fsp3) is 0.360. The third-order valence-electron chi connectivity index (χ3n) is 6.78. The third kappa shape index (κ3) is 4.53. The summed E-state index contributed by atoms with van der Waals surface area (Å²) in [5.41, 5.74) is 1.04. The molecule has 1 N–H and O–H groups in total. The maximum atomic E-state index is 14.0. The summed E-state index contributed by atoms with van der Waals surface area (Å²) in [6, 6.07) is 7.29. The highest BCUT2D eigenvalue weighted by Crippen LogP contribution is 2.32. The molecule has 2 atom stereocenters.